The largest absolute Gasteiger partial charge is 0.351 e. The molecule has 0 bridgehead atoms. The Labute approximate surface area is 189 Å². The van der Waals surface area contributed by atoms with Crippen LogP contribution in [0.15, 0.2) is 52.4 Å². The van der Waals surface area contributed by atoms with Crippen molar-refractivity contribution in [1.82, 2.24) is 14.9 Å². The topological polar surface area (TPSA) is 107 Å². The number of nitrogens with one attached hydrogen (secondary N) is 1. The lowest BCUT2D eigenvalue weighted by Gasteiger charge is -2.17. The first kappa shape index (κ1) is 22.8. The van der Waals surface area contributed by atoms with Gasteiger partial charge in [0.05, 0.1) is 21.8 Å². The highest BCUT2D eigenvalue weighted by Gasteiger charge is 2.21. The fourth-order valence-corrected chi connectivity index (χ4v) is 4.17. The van der Waals surface area contributed by atoms with Gasteiger partial charge in [0.2, 0.25) is 5.91 Å². The summed E-state index contributed by atoms with van der Waals surface area (Å²) in [6.45, 7) is 5.87. The fourth-order valence-electron chi connectivity index (χ4n) is 3.07. The number of halogens is 1. The van der Waals surface area contributed by atoms with Gasteiger partial charge in [0.25, 0.3) is 5.56 Å². The van der Waals surface area contributed by atoms with E-state index in [1.807, 2.05) is 24.3 Å². The van der Waals surface area contributed by atoms with Crippen molar-refractivity contribution in [1.29, 1.82) is 0 Å². The third-order valence-corrected chi connectivity index (χ3v) is 6.32. The van der Waals surface area contributed by atoms with E-state index in [4.69, 9.17) is 17.3 Å². The number of rotatable bonds is 6. The van der Waals surface area contributed by atoms with Gasteiger partial charge in [0.1, 0.15) is 0 Å². The van der Waals surface area contributed by atoms with Crippen molar-refractivity contribution in [2.75, 3.05) is 0 Å². The Morgan fingerprint density at radius 2 is 1.87 bits per heavy atom. The Morgan fingerprint density at radius 1 is 1.19 bits per heavy atom. The molecule has 1 heterocycles. The quantitative estimate of drug-likeness (QED) is 0.424. The lowest BCUT2D eigenvalue weighted by atomic mass is 9.98. The SMILES string of the molecule is CC[C@@H](C)c1ccc(-n2c(S[C@H](C)C(=O)NC(N)=O)nc3ccc(Cl)cc3c2=O)cc1. The molecule has 162 valence electrons. The average Bonchev–Trinajstić information content (AvgIpc) is 2.73. The molecule has 0 radical (unpaired) electrons. The predicted octanol–water partition coefficient (Wildman–Crippen LogP) is 4.23. The van der Waals surface area contributed by atoms with Crippen LogP contribution in [0.5, 0.6) is 0 Å². The zero-order valence-electron chi connectivity index (χ0n) is 17.4. The molecule has 3 rings (SSSR count). The van der Waals surface area contributed by atoms with Gasteiger partial charge in [-0.15, -0.1) is 0 Å². The Balaban J connectivity index is 2.14. The molecule has 3 N–H and O–H groups in total. The first-order chi connectivity index (χ1) is 14.7. The summed E-state index contributed by atoms with van der Waals surface area (Å²) in [7, 11) is 0. The van der Waals surface area contributed by atoms with Crippen LogP contribution < -0.4 is 16.6 Å². The second-order valence-electron chi connectivity index (χ2n) is 7.21. The molecule has 2 atom stereocenters. The van der Waals surface area contributed by atoms with Crippen LogP contribution >= 0.6 is 23.4 Å². The van der Waals surface area contributed by atoms with E-state index in [-0.39, 0.29) is 5.56 Å². The van der Waals surface area contributed by atoms with E-state index in [2.05, 4.69) is 24.1 Å². The maximum Gasteiger partial charge on any atom is 0.318 e. The molecule has 9 heteroatoms. The molecule has 0 aliphatic rings. The summed E-state index contributed by atoms with van der Waals surface area (Å²) in [4.78, 5) is 41.2. The van der Waals surface area contributed by atoms with Crippen molar-refractivity contribution >= 4 is 46.2 Å². The average molecular weight is 459 g/mol. The molecule has 3 aromatic rings. The van der Waals surface area contributed by atoms with Crippen LogP contribution in [0.4, 0.5) is 4.79 Å². The molecular formula is C22H23ClN4O3S. The Hall–Kier alpha value is -2.84. The minimum absolute atomic E-state index is 0.297. The number of primary amides is 1. The van der Waals surface area contributed by atoms with Crippen molar-refractivity contribution in [3.8, 4) is 5.69 Å². The smallest absolute Gasteiger partial charge is 0.318 e. The standard InChI is InChI=1S/C22H23ClN4O3S/c1-4-12(2)14-5-8-16(9-6-14)27-20(29)17-11-15(23)7-10-18(17)25-22(27)31-13(3)19(28)26-21(24)30/h5-13H,4H2,1-3H3,(H3,24,26,28,30)/t12-,13-/m1/s1. The van der Waals surface area contributed by atoms with E-state index >= 15 is 0 Å². The van der Waals surface area contributed by atoms with Crippen LogP contribution in [0.3, 0.4) is 0 Å². The number of nitrogens with zero attached hydrogens (tertiary/aromatic N) is 2. The van der Waals surface area contributed by atoms with E-state index in [9.17, 15) is 14.4 Å². The highest BCUT2D eigenvalue weighted by molar-refractivity contribution is 8.00. The Bertz CT molecular complexity index is 1190. The first-order valence-electron chi connectivity index (χ1n) is 9.80. The molecule has 7 nitrogen and oxygen atoms in total. The van der Waals surface area contributed by atoms with Crippen LogP contribution in [0.2, 0.25) is 5.02 Å². The van der Waals surface area contributed by atoms with Crippen LogP contribution in [0.25, 0.3) is 16.6 Å². The number of imide groups is 1. The number of hydrogen-bond acceptors (Lipinski definition) is 5. The van der Waals surface area contributed by atoms with Gasteiger partial charge in [-0.05, 0) is 55.2 Å². The second-order valence-corrected chi connectivity index (χ2v) is 8.96. The summed E-state index contributed by atoms with van der Waals surface area (Å²) < 4.78 is 1.46. The Kier molecular flexibility index (Phi) is 7.02. The molecule has 0 fully saturated rings. The third kappa shape index (κ3) is 5.08. The number of nitrogens with two attached hydrogens (primary N) is 1. The number of aromatic nitrogens is 2. The molecule has 0 saturated carbocycles. The molecule has 0 aliphatic heterocycles. The Morgan fingerprint density at radius 3 is 2.48 bits per heavy atom. The molecular weight excluding hydrogens is 436 g/mol. The number of thioether (sulfide) groups is 1. The van der Waals surface area contributed by atoms with Crippen molar-refractivity contribution in [3.05, 3.63) is 63.4 Å². The lowest BCUT2D eigenvalue weighted by Crippen LogP contribution is -2.39. The third-order valence-electron chi connectivity index (χ3n) is 5.03. The van der Waals surface area contributed by atoms with Crippen molar-refractivity contribution in [2.45, 2.75) is 43.5 Å². The van der Waals surface area contributed by atoms with Gasteiger partial charge < -0.3 is 5.73 Å². The first-order valence-corrected chi connectivity index (χ1v) is 11.1. The monoisotopic (exact) mass is 458 g/mol. The van der Waals surface area contributed by atoms with Crippen LogP contribution in [0, 0.1) is 0 Å². The van der Waals surface area contributed by atoms with Crippen molar-refractivity contribution in [2.24, 2.45) is 5.73 Å². The van der Waals surface area contributed by atoms with Crippen LogP contribution in [-0.2, 0) is 4.79 Å². The zero-order valence-corrected chi connectivity index (χ0v) is 19.0. The maximum atomic E-state index is 13.4. The minimum Gasteiger partial charge on any atom is -0.351 e. The van der Waals surface area contributed by atoms with Gasteiger partial charge >= 0.3 is 6.03 Å². The van der Waals surface area contributed by atoms with Gasteiger partial charge in [0.15, 0.2) is 5.16 Å². The highest BCUT2D eigenvalue weighted by atomic mass is 35.5. The summed E-state index contributed by atoms with van der Waals surface area (Å²) in [5.74, 6) is -0.174. The number of urea groups is 1. The summed E-state index contributed by atoms with van der Waals surface area (Å²) in [5.41, 5.74) is 7.00. The zero-order chi connectivity index (χ0) is 22.7. The van der Waals surface area contributed by atoms with Crippen molar-refractivity contribution < 1.29 is 9.59 Å². The molecule has 1 aromatic heterocycles. The van der Waals surface area contributed by atoms with E-state index in [1.165, 1.54) is 10.1 Å². The summed E-state index contributed by atoms with van der Waals surface area (Å²) in [5, 5.41) is 2.47. The van der Waals surface area contributed by atoms with Crippen molar-refractivity contribution in [3.63, 3.8) is 0 Å². The predicted molar refractivity (Wildman–Crippen MR) is 124 cm³/mol. The molecule has 0 aliphatic carbocycles. The molecule has 0 saturated heterocycles. The van der Waals surface area contributed by atoms with Crippen LogP contribution in [0.1, 0.15) is 38.7 Å². The second kappa shape index (κ2) is 9.53. The minimum atomic E-state index is -0.934. The number of benzene rings is 2. The van der Waals surface area contributed by atoms with E-state index in [0.29, 0.717) is 32.7 Å². The van der Waals surface area contributed by atoms with E-state index < -0.39 is 17.2 Å². The molecule has 0 unspecified atom stereocenters. The van der Waals surface area contributed by atoms with E-state index in [1.54, 1.807) is 25.1 Å². The number of carbonyl (C=O) groups is 2. The van der Waals surface area contributed by atoms with Gasteiger partial charge in [-0.3, -0.25) is 19.5 Å². The maximum absolute atomic E-state index is 13.4. The molecule has 31 heavy (non-hydrogen) atoms. The summed E-state index contributed by atoms with van der Waals surface area (Å²) >= 11 is 7.16. The number of hydrogen-bond donors (Lipinski definition) is 2. The summed E-state index contributed by atoms with van der Waals surface area (Å²) in [6, 6.07) is 11.6. The number of carbonyl (C=O) groups excluding carboxylic acids is 2. The molecule has 0 spiro atoms. The number of amides is 3. The van der Waals surface area contributed by atoms with Gasteiger partial charge in [-0.2, -0.15) is 0 Å². The molecule has 3 amide bonds. The van der Waals surface area contributed by atoms with Gasteiger partial charge in [-0.1, -0.05) is 49.3 Å². The highest BCUT2D eigenvalue weighted by Crippen LogP contribution is 2.27. The lowest BCUT2D eigenvalue weighted by molar-refractivity contribution is -0.119. The van der Waals surface area contributed by atoms with Gasteiger partial charge in [-0.25, -0.2) is 9.78 Å². The van der Waals surface area contributed by atoms with Crippen LogP contribution in [-0.4, -0.2) is 26.7 Å². The van der Waals surface area contributed by atoms with E-state index in [0.717, 1.165) is 18.2 Å². The normalized spacial score (nSPS) is 13.0. The van der Waals surface area contributed by atoms with Gasteiger partial charge in [0, 0.05) is 5.02 Å². The fraction of sp³-hybridized carbons (Fsp3) is 0.273. The molecule has 2 aromatic carbocycles. The number of fused-ring (bicyclic) bond motifs is 1. The summed E-state index contributed by atoms with van der Waals surface area (Å²) in [6.07, 6.45) is 1.00.